The highest BCUT2D eigenvalue weighted by Crippen LogP contribution is 2.34. The molecule has 0 aliphatic heterocycles. The van der Waals surface area contributed by atoms with E-state index in [0.717, 1.165) is 11.1 Å². The van der Waals surface area contributed by atoms with E-state index < -0.39 is 5.97 Å². The Kier molecular flexibility index (Phi) is 5.43. The van der Waals surface area contributed by atoms with Crippen LogP contribution in [0.25, 0.3) is 5.65 Å². The molecular weight excluding hydrogens is 392 g/mol. The van der Waals surface area contributed by atoms with Gasteiger partial charge in [-0.15, -0.1) is 0 Å². The number of carboxylic acid groups (broad SMARTS) is 1. The molecule has 7 heteroatoms. The highest BCUT2D eigenvalue weighted by molar-refractivity contribution is 5.94. The Balaban J connectivity index is 1.78. The molecule has 4 rings (SSSR count). The molecule has 3 aromatic rings. The van der Waals surface area contributed by atoms with Gasteiger partial charge in [0, 0.05) is 23.5 Å². The van der Waals surface area contributed by atoms with E-state index in [4.69, 9.17) is 4.98 Å². The van der Waals surface area contributed by atoms with Crippen molar-refractivity contribution < 1.29 is 9.90 Å². The van der Waals surface area contributed by atoms with E-state index in [9.17, 15) is 14.7 Å². The maximum absolute atomic E-state index is 13.1. The molecule has 1 saturated carbocycles. The maximum Gasteiger partial charge on any atom is 0.337 e. The highest BCUT2D eigenvalue weighted by atomic mass is 16.4. The number of benzene rings is 1. The number of para-hydroxylation sites is 1. The summed E-state index contributed by atoms with van der Waals surface area (Å²) >= 11 is 0. The van der Waals surface area contributed by atoms with Crippen molar-refractivity contribution >= 4 is 23.1 Å². The van der Waals surface area contributed by atoms with Crippen LogP contribution in [0.1, 0.15) is 59.8 Å². The number of carbonyl (C=O) groups is 1. The Bertz CT molecular complexity index is 1210. The molecule has 0 saturated heterocycles. The van der Waals surface area contributed by atoms with E-state index in [-0.39, 0.29) is 23.2 Å². The van der Waals surface area contributed by atoms with Crippen molar-refractivity contribution in [3.63, 3.8) is 0 Å². The molecule has 2 heterocycles. The van der Waals surface area contributed by atoms with Crippen LogP contribution < -0.4 is 16.2 Å². The molecule has 2 aromatic heterocycles. The zero-order valence-electron chi connectivity index (χ0n) is 18.3. The van der Waals surface area contributed by atoms with Crippen LogP contribution in [0.2, 0.25) is 0 Å². The van der Waals surface area contributed by atoms with Gasteiger partial charge in [-0.1, -0.05) is 12.1 Å². The average Bonchev–Trinajstić information content (AvgIpc) is 3.57. The number of hydrogen-bond acceptors (Lipinski definition) is 5. The van der Waals surface area contributed by atoms with Crippen LogP contribution in [0.5, 0.6) is 0 Å². The van der Waals surface area contributed by atoms with E-state index in [1.54, 1.807) is 41.8 Å². The summed E-state index contributed by atoms with van der Waals surface area (Å²) in [6.45, 7) is 7.81. The van der Waals surface area contributed by atoms with Gasteiger partial charge in [-0.3, -0.25) is 9.20 Å². The lowest BCUT2D eigenvalue weighted by molar-refractivity contribution is 0.0698. The van der Waals surface area contributed by atoms with E-state index in [2.05, 4.69) is 17.6 Å². The summed E-state index contributed by atoms with van der Waals surface area (Å²) < 4.78 is 1.59. The molecule has 1 aromatic carbocycles. The predicted octanol–water partition coefficient (Wildman–Crippen LogP) is 4.39. The minimum Gasteiger partial charge on any atom is -0.478 e. The number of rotatable bonds is 7. The van der Waals surface area contributed by atoms with Crippen molar-refractivity contribution in [3.05, 3.63) is 69.1 Å². The topological polar surface area (TPSA) is 95.7 Å². The molecule has 0 unspecified atom stereocenters. The van der Waals surface area contributed by atoms with E-state index >= 15 is 0 Å². The molecule has 2 atom stereocenters. The Morgan fingerprint density at radius 3 is 2.58 bits per heavy atom. The molecule has 1 fully saturated rings. The van der Waals surface area contributed by atoms with Crippen molar-refractivity contribution in [2.24, 2.45) is 5.92 Å². The van der Waals surface area contributed by atoms with Crippen molar-refractivity contribution in [2.45, 2.75) is 52.6 Å². The number of fused-ring (bicyclic) bond motifs is 1. The Morgan fingerprint density at radius 2 is 1.90 bits per heavy atom. The van der Waals surface area contributed by atoms with Gasteiger partial charge in [0.05, 0.1) is 17.2 Å². The second-order valence-corrected chi connectivity index (χ2v) is 8.54. The van der Waals surface area contributed by atoms with Crippen LogP contribution in [-0.4, -0.2) is 26.5 Å². The fourth-order valence-corrected chi connectivity index (χ4v) is 3.99. The number of pyridine rings is 1. The Labute approximate surface area is 181 Å². The normalized spacial score (nSPS) is 15.5. The number of nitrogens with one attached hydrogen (secondary N) is 2. The van der Waals surface area contributed by atoms with Crippen LogP contribution in [0.4, 0.5) is 11.5 Å². The van der Waals surface area contributed by atoms with Crippen molar-refractivity contribution in [3.8, 4) is 0 Å². The number of aromatic nitrogens is 2. The lowest BCUT2D eigenvalue weighted by atomic mass is 10.1. The van der Waals surface area contributed by atoms with Crippen LogP contribution >= 0.6 is 0 Å². The standard InChI is InChI=1S/C24H28N4O3/c1-13-11-19(16(4)25-20-8-6-5-7-18(20)24(30)31)22-27-21(26-15(3)17-9-10-17)14(2)23(29)28(22)12-13/h5-8,11-12,15-17,25-26H,9-10H2,1-4H3,(H,30,31)/t15-,16-/m1/s1. The van der Waals surface area contributed by atoms with Gasteiger partial charge in [-0.25, -0.2) is 9.78 Å². The van der Waals surface area contributed by atoms with Crippen molar-refractivity contribution in [1.82, 2.24) is 9.38 Å². The zero-order chi connectivity index (χ0) is 22.3. The van der Waals surface area contributed by atoms with Crippen molar-refractivity contribution in [2.75, 3.05) is 10.6 Å². The highest BCUT2D eigenvalue weighted by Gasteiger charge is 2.29. The van der Waals surface area contributed by atoms with Gasteiger partial charge in [0.1, 0.15) is 11.5 Å². The number of aromatic carboxylic acids is 1. The quantitative estimate of drug-likeness (QED) is 0.525. The fraction of sp³-hybridized carbons (Fsp3) is 0.375. The second kappa shape index (κ2) is 8.06. The molecule has 31 heavy (non-hydrogen) atoms. The second-order valence-electron chi connectivity index (χ2n) is 8.54. The molecule has 7 nitrogen and oxygen atoms in total. The number of anilines is 2. The third kappa shape index (κ3) is 4.13. The molecule has 3 N–H and O–H groups in total. The van der Waals surface area contributed by atoms with E-state index in [0.29, 0.717) is 28.6 Å². The summed E-state index contributed by atoms with van der Waals surface area (Å²) in [5.41, 5.74) is 3.55. The molecule has 0 bridgehead atoms. The predicted molar refractivity (Wildman–Crippen MR) is 122 cm³/mol. The first-order valence-corrected chi connectivity index (χ1v) is 10.6. The summed E-state index contributed by atoms with van der Waals surface area (Å²) in [6, 6.07) is 8.80. The van der Waals surface area contributed by atoms with Gasteiger partial charge in [0.15, 0.2) is 0 Å². The lowest BCUT2D eigenvalue weighted by Crippen LogP contribution is -2.26. The van der Waals surface area contributed by atoms with Crippen LogP contribution in [0.15, 0.2) is 41.3 Å². The molecule has 1 aliphatic carbocycles. The zero-order valence-corrected chi connectivity index (χ0v) is 18.3. The smallest absolute Gasteiger partial charge is 0.337 e. The maximum atomic E-state index is 13.1. The third-order valence-corrected chi connectivity index (χ3v) is 6.00. The molecule has 1 aliphatic rings. The van der Waals surface area contributed by atoms with Gasteiger partial charge >= 0.3 is 5.97 Å². The van der Waals surface area contributed by atoms with Crippen LogP contribution in [0.3, 0.4) is 0 Å². The summed E-state index contributed by atoms with van der Waals surface area (Å²) in [4.78, 5) is 29.6. The molecule has 0 radical (unpaired) electrons. The van der Waals surface area contributed by atoms with Gasteiger partial charge in [-0.2, -0.15) is 0 Å². The first-order chi connectivity index (χ1) is 14.8. The first kappa shape index (κ1) is 20.9. The lowest BCUT2D eigenvalue weighted by Gasteiger charge is -2.21. The van der Waals surface area contributed by atoms with E-state index in [1.807, 2.05) is 19.9 Å². The third-order valence-electron chi connectivity index (χ3n) is 6.00. The Hall–Kier alpha value is -3.35. The Morgan fingerprint density at radius 1 is 1.19 bits per heavy atom. The minimum atomic E-state index is -0.991. The average molecular weight is 421 g/mol. The van der Waals surface area contributed by atoms with E-state index in [1.165, 1.54) is 12.8 Å². The van der Waals surface area contributed by atoms with Gasteiger partial charge in [0.2, 0.25) is 0 Å². The van der Waals surface area contributed by atoms with Crippen LogP contribution in [-0.2, 0) is 0 Å². The van der Waals surface area contributed by atoms with Crippen LogP contribution in [0, 0.1) is 19.8 Å². The SMILES string of the molecule is Cc1cc([C@@H](C)Nc2ccccc2C(=O)O)c2nc(N[C@H](C)C3CC3)c(C)c(=O)n2c1. The van der Waals surface area contributed by atoms with Gasteiger partial charge in [-0.05, 0) is 70.2 Å². The van der Waals surface area contributed by atoms with Gasteiger partial charge < -0.3 is 15.7 Å². The summed E-state index contributed by atoms with van der Waals surface area (Å²) in [5.74, 6) is 0.257. The number of nitrogens with zero attached hydrogens (tertiary/aromatic N) is 2. The molecule has 162 valence electrons. The monoisotopic (exact) mass is 420 g/mol. The summed E-state index contributed by atoms with van der Waals surface area (Å²) in [5, 5.41) is 16.2. The number of carboxylic acids is 1. The molecule has 0 amide bonds. The molecule has 0 spiro atoms. The van der Waals surface area contributed by atoms with Crippen molar-refractivity contribution in [1.29, 1.82) is 0 Å². The number of aryl methyl sites for hydroxylation is 1. The fourth-order valence-electron chi connectivity index (χ4n) is 3.99. The minimum absolute atomic E-state index is 0.0985. The largest absolute Gasteiger partial charge is 0.478 e. The summed E-state index contributed by atoms with van der Waals surface area (Å²) in [6.07, 6.45) is 4.20. The summed E-state index contributed by atoms with van der Waals surface area (Å²) in [7, 11) is 0. The number of hydrogen-bond donors (Lipinski definition) is 3. The van der Waals surface area contributed by atoms with Gasteiger partial charge in [0.25, 0.3) is 5.56 Å². The molecular formula is C24H28N4O3. The first-order valence-electron chi connectivity index (χ1n) is 10.6.